The summed E-state index contributed by atoms with van der Waals surface area (Å²) in [7, 11) is 0. The van der Waals surface area contributed by atoms with E-state index in [4.69, 9.17) is 0 Å². The number of fused-ring (bicyclic) bond motifs is 1. The molecule has 3 nitrogen and oxygen atoms in total. The molecule has 0 amide bonds. The third kappa shape index (κ3) is 2.83. The van der Waals surface area contributed by atoms with Crippen molar-refractivity contribution in [2.45, 2.75) is 36.9 Å². The first-order chi connectivity index (χ1) is 7.92. The van der Waals surface area contributed by atoms with Gasteiger partial charge in [0.15, 0.2) is 0 Å². The van der Waals surface area contributed by atoms with E-state index in [1.165, 1.54) is 30.1 Å². The molecule has 1 heterocycles. The standard InChI is InChI=1S/C12H17N3Se/c1-2-3-6-9-16-10-15-12-8-5-4-7-11(12)13-14-15/h4-5,7-8H,2-3,6,9-10H2,1H3. The van der Waals surface area contributed by atoms with Gasteiger partial charge in [0.05, 0.1) is 0 Å². The Morgan fingerprint density at radius 1 is 1.25 bits per heavy atom. The van der Waals surface area contributed by atoms with Gasteiger partial charge < -0.3 is 0 Å². The van der Waals surface area contributed by atoms with E-state index in [0.29, 0.717) is 15.0 Å². The summed E-state index contributed by atoms with van der Waals surface area (Å²) >= 11 is 0.658. The maximum absolute atomic E-state index is 4.20. The first-order valence-electron chi connectivity index (χ1n) is 5.78. The molecule has 0 unspecified atom stereocenters. The Hall–Kier alpha value is -0.861. The molecule has 0 spiro atoms. The van der Waals surface area contributed by atoms with Crippen molar-refractivity contribution in [1.82, 2.24) is 15.0 Å². The molecule has 0 saturated heterocycles. The summed E-state index contributed by atoms with van der Waals surface area (Å²) in [6.07, 6.45) is 4.03. The molecule has 16 heavy (non-hydrogen) atoms. The van der Waals surface area contributed by atoms with Crippen LogP contribution in [0.2, 0.25) is 5.32 Å². The van der Waals surface area contributed by atoms with Gasteiger partial charge in [-0.1, -0.05) is 0 Å². The Bertz CT molecular complexity index is 439. The van der Waals surface area contributed by atoms with Crippen molar-refractivity contribution in [3.63, 3.8) is 0 Å². The van der Waals surface area contributed by atoms with Crippen LogP contribution in [-0.2, 0) is 5.44 Å². The van der Waals surface area contributed by atoms with Crippen LogP contribution in [0.3, 0.4) is 0 Å². The van der Waals surface area contributed by atoms with E-state index in [1.807, 2.05) is 22.9 Å². The second-order valence-corrected chi connectivity index (χ2v) is 6.08. The van der Waals surface area contributed by atoms with Crippen LogP contribution in [0, 0.1) is 0 Å². The third-order valence-electron chi connectivity index (χ3n) is 2.53. The van der Waals surface area contributed by atoms with Gasteiger partial charge in [-0.3, -0.25) is 0 Å². The van der Waals surface area contributed by atoms with Crippen LogP contribution in [0.1, 0.15) is 26.2 Å². The molecule has 0 aliphatic rings. The second-order valence-electron chi connectivity index (χ2n) is 3.82. The molecule has 4 heteroatoms. The Kier molecular flexibility index (Phi) is 4.37. The summed E-state index contributed by atoms with van der Waals surface area (Å²) in [6, 6.07) is 8.17. The molecule has 2 aromatic rings. The van der Waals surface area contributed by atoms with Gasteiger partial charge >= 0.3 is 102 Å². The molecular formula is C12H17N3Se. The number of hydrogen-bond acceptors (Lipinski definition) is 2. The van der Waals surface area contributed by atoms with Gasteiger partial charge in [0.25, 0.3) is 0 Å². The van der Waals surface area contributed by atoms with Crippen molar-refractivity contribution in [3.8, 4) is 0 Å². The van der Waals surface area contributed by atoms with Gasteiger partial charge in [-0.05, 0) is 0 Å². The molecule has 0 radical (unpaired) electrons. The molecule has 0 N–H and O–H groups in total. The first kappa shape index (κ1) is 11.6. The number of unbranched alkanes of at least 4 members (excludes halogenated alkanes) is 2. The van der Waals surface area contributed by atoms with E-state index in [0.717, 1.165) is 11.0 Å². The summed E-state index contributed by atoms with van der Waals surface area (Å²) in [5.41, 5.74) is 3.23. The SMILES string of the molecule is CCCCC[Se]Cn1nnc2ccccc21. The monoisotopic (exact) mass is 283 g/mol. The Morgan fingerprint density at radius 2 is 2.12 bits per heavy atom. The first-order valence-corrected chi connectivity index (χ1v) is 8.20. The molecule has 86 valence electrons. The number of hydrogen-bond donors (Lipinski definition) is 0. The van der Waals surface area contributed by atoms with Crippen molar-refractivity contribution in [1.29, 1.82) is 0 Å². The fraction of sp³-hybridized carbons (Fsp3) is 0.500. The van der Waals surface area contributed by atoms with Crippen LogP contribution in [-0.4, -0.2) is 30.0 Å². The van der Waals surface area contributed by atoms with Gasteiger partial charge in [-0.2, -0.15) is 0 Å². The van der Waals surface area contributed by atoms with Gasteiger partial charge in [-0.15, -0.1) is 0 Å². The zero-order chi connectivity index (χ0) is 11.2. The molecule has 2 rings (SSSR count). The summed E-state index contributed by atoms with van der Waals surface area (Å²) in [4.78, 5) is 0. The van der Waals surface area contributed by atoms with Gasteiger partial charge in [0, 0.05) is 0 Å². The Morgan fingerprint density at radius 3 is 3.00 bits per heavy atom. The maximum atomic E-state index is 4.20. The van der Waals surface area contributed by atoms with Crippen molar-refractivity contribution < 1.29 is 0 Å². The van der Waals surface area contributed by atoms with Gasteiger partial charge in [-0.25, -0.2) is 0 Å². The van der Waals surface area contributed by atoms with Crippen LogP contribution >= 0.6 is 0 Å². The van der Waals surface area contributed by atoms with E-state index in [2.05, 4.69) is 23.3 Å². The summed E-state index contributed by atoms with van der Waals surface area (Å²) in [5.74, 6) is 0. The average Bonchev–Trinajstić information content (AvgIpc) is 2.73. The van der Waals surface area contributed by atoms with E-state index in [1.54, 1.807) is 0 Å². The third-order valence-corrected chi connectivity index (χ3v) is 4.63. The van der Waals surface area contributed by atoms with Crippen LogP contribution < -0.4 is 0 Å². The van der Waals surface area contributed by atoms with Crippen molar-refractivity contribution in [2.24, 2.45) is 0 Å². The minimum absolute atomic E-state index is 0.658. The fourth-order valence-corrected chi connectivity index (χ4v) is 3.51. The van der Waals surface area contributed by atoms with E-state index in [9.17, 15) is 0 Å². The Balaban J connectivity index is 1.89. The topological polar surface area (TPSA) is 30.7 Å². The quantitative estimate of drug-likeness (QED) is 0.602. The van der Waals surface area contributed by atoms with Crippen LogP contribution in [0.5, 0.6) is 0 Å². The molecule has 0 saturated carbocycles. The fourth-order valence-electron chi connectivity index (χ4n) is 1.62. The van der Waals surface area contributed by atoms with E-state index < -0.39 is 0 Å². The number of para-hydroxylation sites is 1. The molecule has 1 aromatic carbocycles. The van der Waals surface area contributed by atoms with E-state index in [-0.39, 0.29) is 0 Å². The molecular weight excluding hydrogens is 265 g/mol. The zero-order valence-corrected chi connectivity index (χ0v) is 11.3. The van der Waals surface area contributed by atoms with E-state index >= 15 is 0 Å². The average molecular weight is 282 g/mol. The number of aromatic nitrogens is 3. The molecule has 0 bridgehead atoms. The number of benzene rings is 1. The molecule has 1 aromatic heterocycles. The van der Waals surface area contributed by atoms with Gasteiger partial charge in [0.1, 0.15) is 0 Å². The number of nitrogens with zero attached hydrogens (tertiary/aromatic N) is 3. The molecule has 0 aliphatic heterocycles. The summed E-state index contributed by atoms with van der Waals surface area (Å²) in [6.45, 7) is 2.25. The predicted molar refractivity (Wildman–Crippen MR) is 67.6 cm³/mol. The zero-order valence-electron chi connectivity index (χ0n) is 9.59. The molecule has 0 aliphatic carbocycles. The van der Waals surface area contributed by atoms with Crippen LogP contribution in [0.4, 0.5) is 0 Å². The predicted octanol–water partition coefficient (Wildman–Crippen LogP) is 2.70. The normalized spacial score (nSPS) is 11.1. The van der Waals surface area contributed by atoms with Gasteiger partial charge in [0.2, 0.25) is 0 Å². The van der Waals surface area contributed by atoms with Crippen LogP contribution in [0.25, 0.3) is 11.0 Å². The van der Waals surface area contributed by atoms with Crippen LogP contribution in [0.15, 0.2) is 24.3 Å². The van der Waals surface area contributed by atoms with Crippen molar-refractivity contribution in [2.75, 3.05) is 0 Å². The van der Waals surface area contributed by atoms with Crippen molar-refractivity contribution >= 4 is 26.0 Å². The second kappa shape index (κ2) is 6.02. The molecule has 0 fully saturated rings. The van der Waals surface area contributed by atoms with Crippen molar-refractivity contribution in [3.05, 3.63) is 24.3 Å². The summed E-state index contributed by atoms with van der Waals surface area (Å²) in [5, 5.41) is 9.71. The Labute approximate surface area is 102 Å². The number of rotatable bonds is 6. The molecule has 0 atom stereocenters. The minimum atomic E-state index is 0.658. The summed E-state index contributed by atoms with van der Waals surface area (Å²) < 4.78 is 2.04.